The van der Waals surface area contributed by atoms with E-state index in [1.807, 2.05) is 18.2 Å². The van der Waals surface area contributed by atoms with Crippen LogP contribution >= 0.6 is 13.6 Å². The van der Waals surface area contributed by atoms with Crippen molar-refractivity contribution in [3.8, 4) is 0 Å². The summed E-state index contributed by atoms with van der Waals surface area (Å²) in [6.07, 6.45) is 0.303. The fourth-order valence-electron chi connectivity index (χ4n) is 0.768. The van der Waals surface area contributed by atoms with Crippen LogP contribution in [-0.2, 0) is 32.3 Å². The van der Waals surface area contributed by atoms with Gasteiger partial charge in [-0.2, -0.15) is 35.9 Å². The summed E-state index contributed by atoms with van der Waals surface area (Å²) < 4.78 is 4.50. The first kappa shape index (κ1) is 12.8. The fourth-order valence-corrected chi connectivity index (χ4v) is 0.768. The molecule has 1 aromatic rings. The van der Waals surface area contributed by atoms with E-state index < -0.39 is 0 Å². The molecule has 1 aromatic carbocycles. The zero-order valence-corrected chi connectivity index (χ0v) is 12.0. The van der Waals surface area contributed by atoms with Crippen LogP contribution in [0.3, 0.4) is 0 Å². The molecular formula is C9H9BrO2Zn. The molecule has 0 heterocycles. The van der Waals surface area contributed by atoms with Crippen molar-refractivity contribution in [1.29, 1.82) is 0 Å². The van der Waals surface area contributed by atoms with Gasteiger partial charge < -0.3 is 4.74 Å². The number of carbonyl (C=O) groups excluding carboxylic acids is 1. The Hall–Kier alpha value is -0.207. The van der Waals surface area contributed by atoms with Crippen LogP contribution in [0.25, 0.3) is 0 Å². The van der Waals surface area contributed by atoms with E-state index in [2.05, 4.69) is 24.4 Å². The third-order valence-corrected chi connectivity index (χ3v) is 1.34. The third kappa shape index (κ3) is 5.95. The summed E-state index contributed by atoms with van der Waals surface area (Å²) in [6.45, 7) is 0. The van der Waals surface area contributed by atoms with Crippen LogP contribution < -0.4 is 0 Å². The average molecular weight is 294 g/mol. The van der Waals surface area contributed by atoms with Crippen molar-refractivity contribution >= 4 is 19.6 Å². The van der Waals surface area contributed by atoms with Gasteiger partial charge in [0.25, 0.3) is 0 Å². The van der Waals surface area contributed by atoms with Crippen LogP contribution in [-0.4, -0.2) is 13.1 Å². The molecule has 1 rings (SSSR count). The minimum atomic E-state index is -0.229. The Morgan fingerprint density at radius 3 is 2.77 bits per heavy atom. The van der Waals surface area contributed by atoms with E-state index in [4.69, 9.17) is 0 Å². The van der Waals surface area contributed by atoms with E-state index in [0.29, 0.717) is 6.42 Å². The summed E-state index contributed by atoms with van der Waals surface area (Å²) in [5.41, 5.74) is 0.861. The number of carbonyl (C=O) groups is 1. The molecule has 0 atom stereocenters. The molecule has 0 bridgehead atoms. The van der Waals surface area contributed by atoms with Crippen molar-refractivity contribution in [2.75, 3.05) is 7.11 Å². The van der Waals surface area contributed by atoms with Crippen molar-refractivity contribution < 1.29 is 25.9 Å². The number of ether oxygens (including phenoxy) is 1. The standard InChI is InChI=1S/C9H9O2.BrH.Zn/c1-11-9(10)7-8-5-3-2-4-6-8;;/h2-5H,7H2,1H3;1H;/q-1;;+2/p-1. The molecule has 0 aliphatic heterocycles. The van der Waals surface area contributed by atoms with Crippen LogP contribution in [0, 0.1) is 6.07 Å². The summed E-state index contributed by atoms with van der Waals surface area (Å²) in [4.78, 5) is 10.7. The maximum absolute atomic E-state index is 10.7. The summed E-state index contributed by atoms with van der Waals surface area (Å²) in [5.74, 6) is -0.229. The van der Waals surface area contributed by atoms with Gasteiger partial charge in [-0.15, -0.1) is 0 Å². The van der Waals surface area contributed by atoms with Gasteiger partial charge in [0.05, 0.1) is 7.11 Å². The van der Waals surface area contributed by atoms with E-state index in [-0.39, 0.29) is 5.97 Å². The molecule has 0 fully saturated rings. The molecule has 13 heavy (non-hydrogen) atoms. The van der Waals surface area contributed by atoms with Crippen molar-refractivity contribution in [2.24, 2.45) is 0 Å². The molecular weight excluding hydrogens is 285 g/mol. The average Bonchev–Trinajstić information content (AvgIpc) is 2.22. The molecule has 0 N–H and O–H groups in total. The van der Waals surface area contributed by atoms with Crippen molar-refractivity contribution in [2.45, 2.75) is 6.42 Å². The normalized spacial score (nSPS) is 8.31. The van der Waals surface area contributed by atoms with Gasteiger partial charge in [0.15, 0.2) is 0 Å². The molecule has 0 spiro atoms. The molecule has 0 saturated heterocycles. The van der Waals surface area contributed by atoms with Crippen molar-refractivity contribution in [3.05, 3.63) is 35.9 Å². The van der Waals surface area contributed by atoms with Gasteiger partial charge in [-0.25, -0.2) is 0 Å². The van der Waals surface area contributed by atoms with E-state index >= 15 is 0 Å². The van der Waals surface area contributed by atoms with Crippen molar-refractivity contribution in [3.63, 3.8) is 0 Å². The second-order valence-corrected chi connectivity index (χ2v) is 2.14. The third-order valence-electron chi connectivity index (χ3n) is 1.34. The quantitative estimate of drug-likeness (QED) is 0.474. The van der Waals surface area contributed by atoms with Gasteiger partial charge in [0.1, 0.15) is 0 Å². The molecule has 0 aliphatic carbocycles. The van der Waals surface area contributed by atoms with Crippen LogP contribution in [0.15, 0.2) is 24.3 Å². The van der Waals surface area contributed by atoms with Gasteiger partial charge >= 0.3 is 35.9 Å². The first-order valence-electron chi connectivity index (χ1n) is 3.62. The van der Waals surface area contributed by atoms with Gasteiger partial charge in [0, 0.05) is 6.42 Å². The number of hydrogen-bond acceptors (Lipinski definition) is 2. The zero-order chi connectivity index (χ0) is 10.1. The van der Waals surface area contributed by atoms with Gasteiger partial charge in [-0.3, -0.25) is 4.79 Å². The van der Waals surface area contributed by atoms with Crippen LogP contribution in [0.5, 0.6) is 0 Å². The van der Waals surface area contributed by atoms with Gasteiger partial charge in [-0.05, 0) is 0 Å². The zero-order valence-electron chi connectivity index (χ0n) is 7.42. The van der Waals surface area contributed by atoms with Crippen LogP contribution in [0.2, 0.25) is 0 Å². The predicted octanol–water partition coefficient (Wildman–Crippen LogP) is 2.05. The van der Waals surface area contributed by atoms with Crippen molar-refractivity contribution in [1.82, 2.24) is 0 Å². The van der Waals surface area contributed by atoms with E-state index in [0.717, 1.165) is 5.56 Å². The molecule has 66 valence electrons. The Kier molecular flexibility index (Phi) is 8.26. The molecule has 0 unspecified atom stereocenters. The SMILES string of the molecule is COC(=O)Cc1[c-]cccc1.[Zn+][Br]. The number of rotatable bonds is 2. The number of hydrogen-bond donors (Lipinski definition) is 0. The van der Waals surface area contributed by atoms with Gasteiger partial charge in [-0.1, -0.05) is 0 Å². The Balaban J connectivity index is 0.000000671. The Morgan fingerprint density at radius 2 is 2.31 bits per heavy atom. The summed E-state index contributed by atoms with van der Waals surface area (Å²) in [5, 5.41) is 0. The van der Waals surface area contributed by atoms with E-state index in [1.54, 1.807) is 6.07 Å². The summed E-state index contributed by atoms with van der Waals surface area (Å²) >= 11 is 4.25. The molecule has 0 amide bonds. The molecule has 0 radical (unpaired) electrons. The molecule has 0 aromatic heterocycles. The molecule has 0 saturated carbocycles. The predicted molar refractivity (Wildman–Crippen MR) is 49.9 cm³/mol. The Morgan fingerprint density at radius 1 is 1.62 bits per heavy atom. The Labute approximate surface area is 94.7 Å². The first-order chi connectivity index (χ1) is 6.33. The molecule has 4 heteroatoms. The topological polar surface area (TPSA) is 26.3 Å². The van der Waals surface area contributed by atoms with Crippen LogP contribution in [0.4, 0.5) is 0 Å². The minimum absolute atomic E-state index is 0.229. The number of esters is 1. The van der Waals surface area contributed by atoms with Gasteiger partial charge in [0.2, 0.25) is 0 Å². The Bertz CT molecular complexity index is 239. The van der Waals surface area contributed by atoms with Crippen LogP contribution in [0.1, 0.15) is 5.56 Å². The molecule has 0 aliphatic rings. The first-order valence-corrected chi connectivity index (χ1v) is 10.6. The second-order valence-electron chi connectivity index (χ2n) is 2.14. The maximum atomic E-state index is 10.7. The van der Waals surface area contributed by atoms with E-state index in [1.165, 1.54) is 23.5 Å². The molecule has 2 nitrogen and oxygen atoms in total. The van der Waals surface area contributed by atoms with E-state index in [9.17, 15) is 4.79 Å². The number of methoxy groups -OCH3 is 1. The monoisotopic (exact) mass is 292 g/mol. The summed E-state index contributed by atoms with van der Waals surface area (Å²) in [6, 6.07) is 10.3. The summed E-state index contributed by atoms with van der Waals surface area (Å²) in [7, 11) is 1.38. The fraction of sp³-hybridized carbons (Fsp3) is 0.222. The number of benzene rings is 1. The number of halogens is 1. The second kappa shape index (κ2) is 8.39.